The Kier molecular flexibility index (Phi) is 5.84. The van der Waals surface area contributed by atoms with Gasteiger partial charge in [-0.2, -0.15) is 0 Å². The summed E-state index contributed by atoms with van der Waals surface area (Å²) in [4.78, 5) is 2.65. The topological polar surface area (TPSA) is 0 Å². The van der Waals surface area contributed by atoms with Gasteiger partial charge >= 0.3 is 0 Å². The highest BCUT2D eigenvalue weighted by molar-refractivity contribution is 7.98. The molecule has 0 saturated heterocycles. The van der Waals surface area contributed by atoms with Gasteiger partial charge in [-0.1, -0.05) is 54.6 Å². The molecule has 0 spiro atoms. The fraction of sp³-hybridized carbons (Fsp3) is 0.143. The molecule has 116 valence electrons. The molecule has 3 rings (SSSR count). The van der Waals surface area contributed by atoms with E-state index in [4.69, 9.17) is 0 Å². The molecule has 0 aliphatic heterocycles. The number of thioether (sulfide) groups is 2. The first-order chi connectivity index (χ1) is 11.3. The van der Waals surface area contributed by atoms with E-state index in [1.165, 1.54) is 26.5 Å². The van der Waals surface area contributed by atoms with Crippen LogP contribution in [-0.2, 0) is 12.2 Å². The van der Waals surface area contributed by atoms with E-state index in [-0.39, 0.29) is 0 Å². The van der Waals surface area contributed by atoms with E-state index in [0.717, 1.165) is 12.2 Å². The van der Waals surface area contributed by atoms with Gasteiger partial charge in [-0.3, -0.25) is 0 Å². The first-order valence-corrected chi connectivity index (χ1v) is 9.93. The zero-order valence-corrected chi connectivity index (χ0v) is 14.9. The summed E-state index contributed by atoms with van der Waals surface area (Å²) in [6.07, 6.45) is 3.11. The Bertz CT molecular complexity index is 733. The maximum Gasteiger partial charge on any atom is 0.0232 e. The minimum absolute atomic E-state index is 0.999. The summed E-state index contributed by atoms with van der Waals surface area (Å²) in [5.41, 5.74) is 4.14. The Morgan fingerprint density at radius 2 is 1.39 bits per heavy atom. The Balaban J connectivity index is 1.64. The van der Waals surface area contributed by atoms with Gasteiger partial charge in [0.1, 0.15) is 0 Å². The molecule has 3 aromatic carbocycles. The van der Waals surface area contributed by atoms with E-state index in [0.29, 0.717) is 0 Å². The molecule has 0 bridgehead atoms. The molecular formula is C21H20S2. The summed E-state index contributed by atoms with van der Waals surface area (Å²) >= 11 is 3.68. The van der Waals surface area contributed by atoms with Crippen molar-refractivity contribution in [1.29, 1.82) is 0 Å². The summed E-state index contributed by atoms with van der Waals surface area (Å²) in [6, 6.07) is 28.4. The predicted octanol–water partition coefficient (Wildman–Crippen LogP) is 6.29. The average Bonchev–Trinajstić information content (AvgIpc) is 2.62. The highest BCUT2D eigenvalue weighted by Crippen LogP contribution is 2.23. The van der Waals surface area contributed by atoms with E-state index >= 15 is 0 Å². The first kappa shape index (κ1) is 16.2. The second-order valence-electron chi connectivity index (χ2n) is 5.45. The zero-order valence-electron chi connectivity index (χ0n) is 13.2. The third-order valence-electron chi connectivity index (χ3n) is 3.71. The van der Waals surface area contributed by atoms with Gasteiger partial charge in [0.05, 0.1) is 0 Å². The molecule has 0 heterocycles. The second kappa shape index (κ2) is 8.28. The van der Waals surface area contributed by atoms with Crippen LogP contribution >= 0.6 is 23.5 Å². The molecule has 0 aromatic heterocycles. The van der Waals surface area contributed by atoms with Gasteiger partial charge in [0.15, 0.2) is 0 Å². The number of hydrogen-bond acceptors (Lipinski definition) is 2. The van der Waals surface area contributed by atoms with E-state index in [2.05, 4.69) is 85.1 Å². The molecule has 0 amide bonds. The third kappa shape index (κ3) is 4.92. The lowest BCUT2D eigenvalue weighted by molar-refractivity contribution is 1.17. The highest BCUT2D eigenvalue weighted by atomic mass is 32.2. The van der Waals surface area contributed by atoms with Crippen molar-refractivity contribution >= 4 is 23.5 Å². The van der Waals surface area contributed by atoms with Crippen molar-refractivity contribution in [2.45, 2.75) is 22.0 Å². The quantitative estimate of drug-likeness (QED) is 0.485. The molecular weight excluding hydrogens is 316 g/mol. The lowest BCUT2D eigenvalue weighted by Crippen LogP contribution is -1.90. The maximum atomic E-state index is 2.33. The van der Waals surface area contributed by atoms with E-state index in [1.54, 1.807) is 11.8 Å². The molecule has 2 heteroatoms. The van der Waals surface area contributed by atoms with Crippen LogP contribution in [0, 0.1) is 0 Å². The monoisotopic (exact) mass is 336 g/mol. The van der Waals surface area contributed by atoms with Crippen LogP contribution in [0.1, 0.15) is 16.7 Å². The fourth-order valence-electron chi connectivity index (χ4n) is 2.49. The van der Waals surface area contributed by atoms with Crippen molar-refractivity contribution in [2.24, 2.45) is 0 Å². The molecule has 0 nitrogen and oxygen atoms in total. The van der Waals surface area contributed by atoms with Gasteiger partial charge in [-0.15, -0.1) is 23.5 Å². The van der Waals surface area contributed by atoms with E-state index in [1.807, 2.05) is 11.8 Å². The van der Waals surface area contributed by atoms with Crippen LogP contribution in [0.4, 0.5) is 0 Å². The van der Waals surface area contributed by atoms with Gasteiger partial charge < -0.3 is 0 Å². The van der Waals surface area contributed by atoms with Crippen molar-refractivity contribution in [2.75, 3.05) is 6.26 Å². The molecule has 0 radical (unpaired) electrons. The molecule has 0 N–H and O–H groups in total. The Labute approximate surface area is 147 Å². The molecule has 0 unspecified atom stereocenters. The molecule has 23 heavy (non-hydrogen) atoms. The Morgan fingerprint density at radius 3 is 2.13 bits per heavy atom. The summed E-state index contributed by atoms with van der Waals surface area (Å²) in [6.45, 7) is 0. The highest BCUT2D eigenvalue weighted by Gasteiger charge is 2.00. The molecule has 0 atom stereocenters. The van der Waals surface area contributed by atoms with Crippen molar-refractivity contribution in [3.8, 4) is 0 Å². The summed E-state index contributed by atoms with van der Waals surface area (Å²) in [7, 11) is 0. The van der Waals surface area contributed by atoms with Crippen molar-refractivity contribution < 1.29 is 0 Å². The number of rotatable bonds is 6. The van der Waals surface area contributed by atoms with E-state index in [9.17, 15) is 0 Å². The van der Waals surface area contributed by atoms with Crippen LogP contribution in [0.15, 0.2) is 88.7 Å². The predicted molar refractivity (Wildman–Crippen MR) is 103 cm³/mol. The molecule has 0 aliphatic rings. The lowest BCUT2D eigenvalue weighted by Gasteiger charge is -2.07. The number of hydrogen-bond donors (Lipinski definition) is 0. The third-order valence-corrected chi connectivity index (χ3v) is 5.53. The zero-order chi connectivity index (χ0) is 15.9. The van der Waals surface area contributed by atoms with Crippen LogP contribution < -0.4 is 0 Å². The average molecular weight is 337 g/mol. The van der Waals surface area contributed by atoms with Gasteiger partial charge in [-0.05, 0) is 53.6 Å². The van der Waals surface area contributed by atoms with Gasteiger partial charge in [0.2, 0.25) is 0 Å². The normalized spacial score (nSPS) is 10.7. The summed E-state index contributed by atoms with van der Waals surface area (Å²) in [5, 5.41) is 0. The minimum Gasteiger partial charge on any atom is -0.130 e. The van der Waals surface area contributed by atoms with Crippen LogP contribution in [0.3, 0.4) is 0 Å². The lowest BCUT2D eigenvalue weighted by atomic mass is 10.0. The van der Waals surface area contributed by atoms with Gasteiger partial charge in [0, 0.05) is 15.5 Å². The number of benzene rings is 3. The van der Waals surface area contributed by atoms with E-state index < -0.39 is 0 Å². The second-order valence-corrected chi connectivity index (χ2v) is 7.37. The Hall–Kier alpha value is -1.64. The first-order valence-electron chi connectivity index (χ1n) is 7.72. The molecule has 0 fully saturated rings. The smallest absolute Gasteiger partial charge is 0.0232 e. The van der Waals surface area contributed by atoms with Crippen molar-refractivity contribution in [1.82, 2.24) is 0 Å². The van der Waals surface area contributed by atoms with Crippen LogP contribution in [-0.4, -0.2) is 6.26 Å². The van der Waals surface area contributed by atoms with Gasteiger partial charge in [-0.25, -0.2) is 0 Å². The summed E-state index contributed by atoms with van der Waals surface area (Å²) in [5.74, 6) is 1.02. The molecule has 0 aliphatic carbocycles. The molecule has 3 aromatic rings. The van der Waals surface area contributed by atoms with Crippen LogP contribution in [0.25, 0.3) is 0 Å². The van der Waals surface area contributed by atoms with Crippen molar-refractivity contribution in [3.05, 3.63) is 95.6 Å². The largest absolute Gasteiger partial charge is 0.130 e. The Morgan fingerprint density at radius 1 is 0.652 bits per heavy atom. The standard InChI is InChI=1S/C21H20S2/c1-22-20-12-10-17(11-13-20)14-18-6-5-7-19(15-18)16-23-21-8-3-2-4-9-21/h2-13,15H,14,16H2,1H3. The molecule has 0 saturated carbocycles. The fourth-order valence-corrected chi connectivity index (χ4v) is 3.76. The van der Waals surface area contributed by atoms with Crippen molar-refractivity contribution in [3.63, 3.8) is 0 Å². The maximum absolute atomic E-state index is 2.33. The SMILES string of the molecule is CSc1ccc(Cc2cccc(CSc3ccccc3)c2)cc1. The van der Waals surface area contributed by atoms with Crippen LogP contribution in [0.5, 0.6) is 0 Å². The summed E-state index contributed by atoms with van der Waals surface area (Å²) < 4.78 is 0. The minimum atomic E-state index is 0.999. The van der Waals surface area contributed by atoms with Gasteiger partial charge in [0.25, 0.3) is 0 Å². The van der Waals surface area contributed by atoms with Crippen LogP contribution in [0.2, 0.25) is 0 Å².